The van der Waals surface area contributed by atoms with E-state index in [1.165, 1.54) is 44.5 Å². The fourth-order valence-corrected chi connectivity index (χ4v) is 20.1. The van der Waals surface area contributed by atoms with Gasteiger partial charge in [-0.25, -0.2) is 9.97 Å². The van der Waals surface area contributed by atoms with Gasteiger partial charge in [0.1, 0.15) is 0 Å². The molecule has 1 radical (unpaired) electrons. The van der Waals surface area contributed by atoms with Crippen molar-refractivity contribution < 1.29 is 17.1 Å². The van der Waals surface area contributed by atoms with Gasteiger partial charge in [0.25, 0.3) is 0 Å². The summed E-state index contributed by atoms with van der Waals surface area (Å²) >= 11 is 13.5. The van der Waals surface area contributed by atoms with Crippen LogP contribution in [0.2, 0.25) is 0 Å². The first-order valence-electron chi connectivity index (χ1n) is 34.1. The van der Waals surface area contributed by atoms with Gasteiger partial charge in [-0.3, -0.25) is 0 Å². The quantitative estimate of drug-likeness (QED) is 0.0856. The zero-order valence-electron chi connectivity index (χ0n) is 58.2. The molecule has 105 heavy (non-hydrogen) atoms. The summed E-state index contributed by atoms with van der Waals surface area (Å²) in [6.45, 7) is 17.0. The zero-order valence-corrected chi connectivity index (χ0v) is 65.7. The number of rotatable bonds is 16. The van der Waals surface area contributed by atoms with Crippen molar-refractivity contribution in [3.63, 3.8) is 0 Å². The minimum absolute atomic E-state index is 0. The summed E-state index contributed by atoms with van der Waals surface area (Å²) in [7, 11) is 0. The van der Waals surface area contributed by atoms with Gasteiger partial charge in [-0.1, -0.05) is 236 Å². The Morgan fingerprint density at radius 1 is 0.181 bits per heavy atom. The van der Waals surface area contributed by atoms with E-state index in [-0.39, 0.29) is 17.1 Å². The van der Waals surface area contributed by atoms with Crippen LogP contribution in [0, 0.1) is 55.4 Å². The van der Waals surface area contributed by atoms with Crippen LogP contribution in [0.3, 0.4) is 0 Å². The van der Waals surface area contributed by atoms with E-state index in [0.717, 1.165) is 122 Å². The zero-order chi connectivity index (χ0) is 70.7. The third kappa shape index (κ3) is 15.0. The van der Waals surface area contributed by atoms with Gasteiger partial charge in [0, 0.05) is 145 Å². The Kier molecular flexibility index (Phi) is 20.4. The predicted molar refractivity (Wildman–Crippen MR) is 436 cm³/mol. The van der Waals surface area contributed by atoms with Gasteiger partial charge in [-0.15, -0.1) is 0 Å². The molecule has 8 bridgehead atoms. The van der Waals surface area contributed by atoms with Gasteiger partial charge in [-0.2, -0.15) is 0 Å². The Morgan fingerprint density at radius 3 is 0.486 bits per heavy atom. The van der Waals surface area contributed by atoms with E-state index in [2.05, 4.69) is 298 Å². The standard InChI is InChI=1S/C88H64N8S8.Cu/c1-49-9-25-57(26-10-49)97-65-41-42-66(98-58-27-11-50(2)12-28-58)74-73(65)81-89-82(74)94-84-77-69(101-61-33-17-53(5)18-34-61)45-46-70(102-62-35-19-54(6)20-36-62)78(77)86(91-84)96-88-80-72(104-64-39-23-56(8)24-40-64)48-47-71(103-63-37-21-55(7)22-38-63)79(80)87(92-88)95-85-76-68(100-60-31-15-52(4)16-32-60)44-43-67(75(76)83(90-85)93-81)99-59-29-13-51(3)14-30-59;/h9-48H,1-8H3;/q-2;+2. The first kappa shape index (κ1) is 70.6. The summed E-state index contributed by atoms with van der Waals surface area (Å²) in [6, 6.07) is 87.5. The fraction of sp³-hybridized carbons (Fsp3) is 0.0909. The first-order chi connectivity index (χ1) is 50.7. The predicted octanol–water partition coefficient (Wildman–Crippen LogP) is 25.8. The van der Waals surface area contributed by atoms with E-state index in [0.29, 0.717) is 45.9 Å². The Bertz CT molecular complexity index is 5300. The molecule has 17 heteroatoms. The van der Waals surface area contributed by atoms with Crippen LogP contribution in [0.25, 0.3) is 89.7 Å². The van der Waals surface area contributed by atoms with Crippen LogP contribution >= 0.6 is 94.1 Å². The molecule has 15 aromatic rings. The Balaban J connectivity index is 0.00000847. The summed E-state index contributed by atoms with van der Waals surface area (Å²) in [6.07, 6.45) is 0. The van der Waals surface area contributed by atoms with Crippen LogP contribution in [0.4, 0.5) is 0 Å². The van der Waals surface area contributed by atoms with E-state index in [9.17, 15) is 0 Å². The number of benzene rings is 12. The van der Waals surface area contributed by atoms with Crippen LogP contribution in [0.1, 0.15) is 44.5 Å². The topological polar surface area (TPSA) is 106 Å². The van der Waals surface area contributed by atoms with Crippen molar-refractivity contribution in [2.75, 3.05) is 0 Å². The van der Waals surface area contributed by atoms with E-state index in [1.807, 2.05) is 0 Å². The second-order valence-electron chi connectivity index (χ2n) is 26.1. The summed E-state index contributed by atoms with van der Waals surface area (Å²) in [4.78, 5) is 63.3. The molecular weight excluding hydrogens is 1490 g/mol. The molecule has 0 unspecified atom stereocenters. The van der Waals surface area contributed by atoms with Crippen molar-refractivity contribution >= 4 is 138 Å². The summed E-state index contributed by atoms with van der Waals surface area (Å²) in [5, 5.41) is 3.38. The molecule has 0 fully saturated rings. The minimum Gasteiger partial charge on any atom is -0.357 e. The van der Waals surface area contributed by atoms with Crippen LogP contribution in [-0.4, -0.2) is 29.9 Å². The van der Waals surface area contributed by atoms with Gasteiger partial charge in [0.2, 0.25) is 0 Å². The van der Waals surface area contributed by atoms with Crippen LogP contribution in [-0.2, 0) is 17.1 Å². The molecule has 0 N–H and O–H groups in total. The molecule has 0 spiro atoms. The largest absolute Gasteiger partial charge is 2.00 e. The molecule has 0 atom stereocenters. The van der Waals surface area contributed by atoms with Gasteiger partial charge in [-0.05, 0) is 201 Å². The molecule has 2 aliphatic heterocycles. The molecule has 515 valence electrons. The molecule has 0 saturated carbocycles. The van der Waals surface area contributed by atoms with Crippen molar-refractivity contribution in [1.82, 2.24) is 39.9 Å². The number of hydrogen-bond donors (Lipinski definition) is 0. The molecule has 17 rings (SSSR count). The number of hydrogen-bond acceptors (Lipinski definition) is 14. The average Bonchev–Trinajstić information content (AvgIpc) is 1.58. The molecule has 0 aliphatic carbocycles. The maximum atomic E-state index is 5.94. The van der Waals surface area contributed by atoms with Crippen molar-refractivity contribution in [1.29, 1.82) is 0 Å². The molecular formula is C88H64CuN8S8. The molecule has 0 amide bonds. The fourth-order valence-electron chi connectivity index (χ4n) is 12.5. The SMILES string of the molecule is Cc1ccc(Sc2ccc(Sc3ccc(C)cc3)c3c2-c2nc-3nc3[n-]c(nc4nc(nc5[n-]c(n2)c2c(Sc6ccc(C)cc6)ccc(Sc6ccc(C)cc6)c52)-c2c(Sc5ccc(C)cc5)ccc(Sc5ccc(C)cc5)c2-4)c2c(Sc4ccc(C)cc4)ccc(Sc4ccc(C)cc4)c32)cc1.[Cu+2]. The van der Waals surface area contributed by atoms with Crippen molar-refractivity contribution in [3.05, 3.63) is 287 Å². The van der Waals surface area contributed by atoms with E-state index in [1.54, 1.807) is 94.1 Å². The summed E-state index contributed by atoms with van der Waals surface area (Å²) in [5.41, 5.74) is 14.7. The number of aryl methyl sites for hydroxylation is 8. The average molecular weight is 1550 g/mol. The van der Waals surface area contributed by atoms with Gasteiger partial charge >= 0.3 is 17.1 Å². The molecule has 8 nitrogen and oxygen atoms in total. The van der Waals surface area contributed by atoms with Gasteiger partial charge in [0.05, 0.1) is 23.3 Å². The minimum atomic E-state index is 0. The maximum absolute atomic E-state index is 5.94. The molecule has 12 aromatic carbocycles. The second kappa shape index (κ2) is 30.3. The van der Waals surface area contributed by atoms with Crippen molar-refractivity contribution in [2.24, 2.45) is 0 Å². The van der Waals surface area contributed by atoms with E-state index >= 15 is 0 Å². The third-order valence-corrected chi connectivity index (χ3v) is 26.5. The molecule has 3 aromatic heterocycles. The van der Waals surface area contributed by atoms with Crippen molar-refractivity contribution in [2.45, 2.75) is 134 Å². The monoisotopic (exact) mass is 1550 g/mol. The first-order valence-corrected chi connectivity index (χ1v) is 40.6. The van der Waals surface area contributed by atoms with Crippen LogP contribution in [0.15, 0.2) is 321 Å². The van der Waals surface area contributed by atoms with Gasteiger partial charge < -0.3 is 29.9 Å². The maximum Gasteiger partial charge on any atom is 2.00 e. The number of aromatic nitrogens is 8. The van der Waals surface area contributed by atoms with Crippen LogP contribution < -0.4 is 9.97 Å². The van der Waals surface area contributed by atoms with Gasteiger partial charge in [0.15, 0.2) is 0 Å². The number of nitrogens with zero attached hydrogens (tertiary/aromatic N) is 8. The van der Waals surface area contributed by atoms with E-state index in [4.69, 9.17) is 39.9 Å². The summed E-state index contributed by atoms with van der Waals surface area (Å²) in [5.74, 6) is 1.89. The molecule has 0 saturated heterocycles. The normalized spacial score (nSPS) is 11.7. The smallest absolute Gasteiger partial charge is 0.357 e. The Hall–Kier alpha value is -8.68. The Labute approximate surface area is 655 Å². The van der Waals surface area contributed by atoms with E-state index < -0.39 is 0 Å². The third-order valence-electron chi connectivity index (χ3n) is 18.0. The van der Waals surface area contributed by atoms with Crippen molar-refractivity contribution in [3.8, 4) is 45.6 Å². The molecule has 2 aliphatic rings. The second-order valence-corrected chi connectivity index (χ2v) is 35.0. The Morgan fingerprint density at radius 2 is 0.324 bits per heavy atom. The summed E-state index contributed by atoms with van der Waals surface area (Å²) < 4.78 is 0. The number of fused-ring (bicyclic) bond motifs is 20. The molecule has 5 heterocycles. The van der Waals surface area contributed by atoms with Crippen LogP contribution in [0.5, 0.6) is 0 Å².